The molecule has 0 saturated carbocycles. The highest BCUT2D eigenvalue weighted by molar-refractivity contribution is 5.90. The molecule has 1 N–H and O–H groups in total. The van der Waals surface area contributed by atoms with E-state index in [-0.39, 0.29) is 11.4 Å². The molecule has 0 aliphatic carbocycles. The third kappa shape index (κ3) is 3.06. The molecular formula is C15H16N2O3. The summed E-state index contributed by atoms with van der Waals surface area (Å²) < 4.78 is 5.62. The Morgan fingerprint density at radius 1 is 1.25 bits per heavy atom. The molecule has 0 fully saturated rings. The smallest absolute Gasteiger partial charge is 0.341 e. The van der Waals surface area contributed by atoms with Gasteiger partial charge in [0.15, 0.2) is 0 Å². The molecule has 20 heavy (non-hydrogen) atoms. The number of anilines is 1. The van der Waals surface area contributed by atoms with Crippen molar-refractivity contribution in [3.63, 3.8) is 0 Å². The lowest BCUT2D eigenvalue weighted by Crippen LogP contribution is -2.08. The summed E-state index contributed by atoms with van der Waals surface area (Å²) in [5.74, 6) is -0.401. The highest BCUT2D eigenvalue weighted by Gasteiger charge is 2.14. The summed E-state index contributed by atoms with van der Waals surface area (Å²) in [5, 5.41) is 9.15. The monoisotopic (exact) mass is 272 g/mol. The van der Waals surface area contributed by atoms with Gasteiger partial charge < -0.3 is 14.7 Å². The number of benzene rings is 1. The maximum absolute atomic E-state index is 11.2. The number of aromatic carboxylic acids is 1. The van der Waals surface area contributed by atoms with Gasteiger partial charge in [0.05, 0.1) is 0 Å². The van der Waals surface area contributed by atoms with Gasteiger partial charge in [0.25, 0.3) is 0 Å². The fraction of sp³-hybridized carbons (Fsp3) is 0.200. The molecule has 0 amide bonds. The molecule has 0 aliphatic rings. The molecule has 0 radical (unpaired) electrons. The molecule has 0 bridgehead atoms. The van der Waals surface area contributed by atoms with Crippen LogP contribution in [0.5, 0.6) is 11.6 Å². The minimum atomic E-state index is -1.06. The zero-order valence-corrected chi connectivity index (χ0v) is 11.6. The first-order valence-electron chi connectivity index (χ1n) is 6.13. The van der Waals surface area contributed by atoms with E-state index in [2.05, 4.69) is 4.98 Å². The van der Waals surface area contributed by atoms with Crippen LogP contribution in [0.1, 0.15) is 16.1 Å². The van der Waals surface area contributed by atoms with Gasteiger partial charge in [0.1, 0.15) is 11.3 Å². The molecule has 104 valence electrons. The van der Waals surface area contributed by atoms with Crippen molar-refractivity contribution in [1.82, 2.24) is 4.98 Å². The van der Waals surface area contributed by atoms with E-state index in [1.54, 1.807) is 19.1 Å². The second-order valence-corrected chi connectivity index (χ2v) is 4.60. The van der Waals surface area contributed by atoms with Gasteiger partial charge >= 0.3 is 5.97 Å². The number of aryl methyl sites for hydroxylation is 1. The van der Waals surface area contributed by atoms with Crippen LogP contribution < -0.4 is 9.64 Å². The Hall–Kier alpha value is -2.56. The summed E-state index contributed by atoms with van der Waals surface area (Å²) in [6.45, 7) is 1.79. The third-order valence-corrected chi connectivity index (χ3v) is 2.78. The van der Waals surface area contributed by atoms with Crippen molar-refractivity contribution in [2.45, 2.75) is 6.92 Å². The highest BCUT2D eigenvalue weighted by Crippen LogP contribution is 2.26. The average molecular weight is 272 g/mol. The summed E-state index contributed by atoms with van der Waals surface area (Å²) in [5.41, 5.74) is 1.71. The van der Waals surface area contributed by atoms with Gasteiger partial charge in [-0.2, -0.15) is 0 Å². The van der Waals surface area contributed by atoms with E-state index in [1.165, 1.54) is 6.07 Å². The molecule has 0 unspecified atom stereocenters. The van der Waals surface area contributed by atoms with Gasteiger partial charge in [-0.15, -0.1) is 0 Å². The van der Waals surface area contributed by atoms with Crippen molar-refractivity contribution in [3.05, 3.63) is 47.7 Å². The Morgan fingerprint density at radius 3 is 2.65 bits per heavy atom. The number of nitrogens with zero attached hydrogens (tertiary/aromatic N) is 2. The highest BCUT2D eigenvalue weighted by atomic mass is 16.5. The summed E-state index contributed by atoms with van der Waals surface area (Å²) in [7, 11) is 3.85. The fourth-order valence-corrected chi connectivity index (χ4v) is 1.71. The van der Waals surface area contributed by atoms with Crippen molar-refractivity contribution < 1.29 is 14.6 Å². The van der Waals surface area contributed by atoms with Crippen LogP contribution in [0.4, 0.5) is 5.69 Å². The molecule has 2 aromatic rings. The van der Waals surface area contributed by atoms with Crippen LogP contribution in [0.15, 0.2) is 36.4 Å². The van der Waals surface area contributed by atoms with Gasteiger partial charge in [-0.3, -0.25) is 0 Å². The Balaban J connectivity index is 2.36. The van der Waals surface area contributed by atoms with Crippen LogP contribution in [-0.2, 0) is 0 Å². The van der Waals surface area contributed by atoms with E-state index < -0.39 is 5.97 Å². The lowest BCUT2D eigenvalue weighted by Gasteiger charge is -2.14. The zero-order valence-electron chi connectivity index (χ0n) is 11.6. The predicted molar refractivity (Wildman–Crippen MR) is 76.8 cm³/mol. The van der Waals surface area contributed by atoms with Crippen LogP contribution in [0, 0.1) is 6.92 Å². The number of rotatable bonds is 4. The number of hydrogen-bond acceptors (Lipinski definition) is 4. The summed E-state index contributed by atoms with van der Waals surface area (Å²) >= 11 is 0. The van der Waals surface area contributed by atoms with Crippen molar-refractivity contribution in [3.8, 4) is 11.6 Å². The van der Waals surface area contributed by atoms with E-state index in [1.807, 2.05) is 37.2 Å². The quantitative estimate of drug-likeness (QED) is 0.927. The van der Waals surface area contributed by atoms with Crippen LogP contribution in [0.2, 0.25) is 0 Å². The van der Waals surface area contributed by atoms with E-state index >= 15 is 0 Å². The standard InChI is InChI=1S/C15H16N2O3/c1-10-7-8-13(15(18)19)14(16-10)20-12-6-4-5-11(9-12)17(2)3/h4-9H,1-3H3,(H,18,19). The zero-order chi connectivity index (χ0) is 14.7. The predicted octanol–water partition coefficient (Wildman–Crippen LogP) is 2.95. The Bertz CT molecular complexity index is 639. The Morgan fingerprint density at radius 2 is 2.00 bits per heavy atom. The van der Waals surface area contributed by atoms with E-state index in [0.717, 1.165) is 5.69 Å². The van der Waals surface area contributed by atoms with Crippen LogP contribution >= 0.6 is 0 Å². The fourth-order valence-electron chi connectivity index (χ4n) is 1.71. The molecule has 1 aromatic heterocycles. The van der Waals surface area contributed by atoms with Crippen molar-refractivity contribution in [1.29, 1.82) is 0 Å². The maximum atomic E-state index is 11.2. The van der Waals surface area contributed by atoms with Gasteiger partial charge in [-0.1, -0.05) is 6.07 Å². The van der Waals surface area contributed by atoms with Crippen LogP contribution in [0.25, 0.3) is 0 Å². The lowest BCUT2D eigenvalue weighted by molar-refractivity contribution is 0.0693. The number of carboxylic acid groups (broad SMARTS) is 1. The van der Waals surface area contributed by atoms with Gasteiger partial charge in [-0.25, -0.2) is 9.78 Å². The van der Waals surface area contributed by atoms with Gasteiger partial charge in [0, 0.05) is 31.5 Å². The number of carbonyl (C=O) groups is 1. The molecule has 1 aromatic carbocycles. The number of pyridine rings is 1. The minimum absolute atomic E-state index is 0.0471. The van der Waals surface area contributed by atoms with Crippen molar-refractivity contribution >= 4 is 11.7 Å². The molecule has 0 saturated heterocycles. The molecular weight excluding hydrogens is 256 g/mol. The van der Waals surface area contributed by atoms with E-state index in [4.69, 9.17) is 9.84 Å². The number of hydrogen-bond donors (Lipinski definition) is 1. The summed E-state index contributed by atoms with van der Waals surface area (Å²) in [4.78, 5) is 17.3. The first-order valence-corrected chi connectivity index (χ1v) is 6.13. The summed E-state index contributed by atoms with van der Waals surface area (Å²) in [6.07, 6.45) is 0. The topological polar surface area (TPSA) is 62.7 Å². The maximum Gasteiger partial charge on any atom is 0.341 e. The number of carboxylic acids is 1. The molecule has 0 aliphatic heterocycles. The van der Waals surface area contributed by atoms with Crippen molar-refractivity contribution in [2.75, 3.05) is 19.0 Å². The second-order valence-electron chi connectivity index (χ2n) is 4.60. The van der Waals surface area contributed by atoms with E-state index in [9.17, 15) is 4.79 Å². The largest absolute Gasteiger partial charge is 0.477 e. The van der Waals surface area contributed by atoms with Crippen LogP contribution in [0.3, 0.4) is 0 Å². The van der Waals surface area contributed by atoms with Gasteiger partial charge in [0.2, 0.25) is 5.88 Å². The Labute approximate surface area is 117 Å². The van der Waals surface area contributed by atoms with Crippen molar-refractivity contribution in [2.24, 2.45) is 0 Å². The molecule has 0 atom stereocenters. The molecule has 1 heterocycles. The SMILES string of the molecule is Cc1ccc(C(=O)O)c(Oc2cccc(N(C)C)c2)n1. The number of ether oxygens (including phenoxy) is 1. The summed E-state index contributed by atoms with van der Waals surface area (Å²) in [6, 6.07) is 10.5. The minimum Gasteiger partial charge on any atom is -0.477 e. The molecule has 0 spiro atoms. The average Bonchev–Trinajstić information content (AvgIpc) is 2.38. The third-order valence-electron chi connectivity index (χ3n) is 2.78. The lowest BCUT2D eigenvalue weighted by atomic mass is 10.2. The molecule has 5 nitrogen and oxygen atoms in total. The number of aromatic nitrogens is 1. The first-order chi connectivity index (χ1) is 9.47. The first kappa shape index (κ1) is 13.9. The Kier molecular flexibility index (Phi) is 3.89. The van der Waals surface area contributed by atoms with Crippen LogP contribution in [-0.4, -0.2) is 30.2 Å². The van der Waals surface area contributed by atoms with Gasteiger partial charge in [-0.05, 0) is 31.2 Å². The second kappa shape index (κ2) is 5.61. The molecule has 5 heteroatoms. The normalized spacial score (nSPS) is 10.2. The van der Waals surface area contributed by atoms with E-state index in [0.29, 0.717) is 11.4 Å². The molecule has 2 rings (SSSR count).